The highest BCUT2D eigenvalue weighted by Gasteiger charge is 2.61. The lowest BCUT2D eigenvalue weighted by atomic mass is 9.70. The third-order valence-electron chi connectivity index (χ3n) is 6.77. The smallest absolute Gasteiger partial charge is 0.291 e. The molecule has 2 aliphatic carbocycles. The first kappa shape index (κ1) is 15.6. The lowest BCUT2D eigenvalue weighted by Gasteiger charge is -2.34. The number of fused-ring (bicyclic) bond motifs is 6. The molecule has 26 heavy (non-hydrogen) atoms. The fourth-order valence-corrected chi connectivity index (χ4v) is 4.80. The molecule has 0 spiro atoms. The monoisotopic (exact) mass is 347 g/mol. The number of nitrogens with zero attached hydrogens (tertiary/aromatic N) is 2. The lowest BCUT2D eigenvalue weighted by Crippen LogP contribution is -2.31. The molecular formula is C21H21N3O2. The first-order valence-corrected chi connectivity index (χ1v) is 9.07. The number of amides is 1. The molecule has 0 radical (unpaired) electrons. The van der Waals surface area contributed by atoms with Crippen LogP contribution in [-0.4, -0.2) is 15.9 Å². The molecule has 1 N–H and O–H groups in total. The number of carbonyl (C=O) groups is 1. The fraction of sp³-hybridized carbons (Fsp3) is 0.381. The van der Waals surface area contributed by atoms with Gasteiger partial charge in [-0.3, -0.25) is 4.79 Å². The van der Waals surface area contributed by atoms with Gasteiger partial charge in [0.2, 0.25) is 0 Å². The SMILES string of the molecule is CC12CCC(c3nc4cc(NC(=O)c5ccco5)ccc4nc31)C2(C)C. The van der Waals surface area contributed by atoms with Crippen molar-refractivity contribution in [2.75, 3.05) is 5.32 Å². The summed E-state index contributed by atoms with van der Waals surface area (Å²) >= 11 is 0. The standard InChI is InChI=1S/C21H21N3O2/c1-20(2)13-8-9-21(20,3)18-17(13)23-15-11-12(6-7-14(15)24-18)22-19(25)16-5-4-10-26-16/h4-7,10-11,13H,8-9H2,1-3H3,(H,22,25). The summed E-state index contributed by atoms with van der Waals surface area (Å²) in [6, 6.07) is 9.03. The van der Waals surface area contributed by atoms with Crippen molar-refractivity contribution in [3.63, 3.8) is 0 Å². The van der Waals surface area contributed by atoms with Crippen molar-refractivity contribution in [3.8, 4) is 0 Å². The molecule has 2 bridgehead atoms. The normalized spacial score (nSPS) is 25.4. The van der Waals surface area contributed by atoms with Crippen molar-refractivity contribution in [1.82, 2.24) is 9.97 Å². The average Bonchev–Trinajstić information content (AvgIpc) is 3.25. The number of furan rings is 1. The van der Waals surface area contributed by atoms with Gasteiger partial charge in [0.05, 0.1) is 28.7 Å². The third-order valence-corrected chi connectivity index (χ3v) is 6.77. The minimum absolute atomic E-state index is 0.0976. The Morgan fingerprint density at radius 1 is 1.19 bits per heavy atom. The number of nitrogens with one attached hydrogen (secondary N) is 1. The highest BCUT2D eigenvalue weighted by molar-refractivity contribution is 6.03. The number of hydrogen-bond donors (Lipinski definition) is 1. The predicted molar refractivity (Wildman–Crippen MR) is 99.3 cm³/mol. The number of rotatable bonds is 2. The predicted octanol–water partition coefficient (Wildman–Crippen LogP) is 4.65. The van der Waals surface area contributed by atoms with E-state index in [1.54, 1.807) is 12.1 Å². The molecule has 1 aromatic carbocycles. The van der Waals surface area contributed by atoms with E-state index in [1.165, 1.54) is 24.8 Å². The van der Waals surface area contributed by atoms with E-state index in [0.717, 1.165) is 16.7 Å². The van der Waals surface area contributed by atoms with E-state index < -0.39 is 0 Å². The Balaban J connectivity index is 1.56. The zero-order valence-electron chi connectivity index (χ0n) is 15.2. The van der Waals surface area contributed by atoms with Gasteiger partial charge in [0.1, 0.15) is 0 Å². The van der Waals surface area contributed by atoms with Crippen molar-refractivity contribution in [3.05, 3.63) is 53.7 Å². The van der Waals surface area contributed by atoms with E-state index >= 15 is 0 Å². The molecule has 3 aromatic rings. The van der Waals surface area contributed by atoms with Crippen LogP contribution < -0.4 is 5.32 Å². The van der Waals surface area contributed by atoms with Gasteiger partial charge in [-0.05, 0) is 48.6 Å². The lowest BCUT2D eigenvalue weighted by molar-refractivity contribution is 0.0996. The Morgan fingerprint density at radius 3 is 2.81 bits per heavy atom. The van der Waals surface area contributed by atoms with Gasteiger partial charge in [-0.1, -0.05) is 20.8 Å². The maximum absolute atomic E-state index is 12.2. The maximum Gasteiger partial charge on any atom is 0.291 e. The molecule has 1 amide bonds. The first-order chi connectivity index (χ1) is 12.4. The van der Waals surface area contributed by atoms with E-state index in [2.05, 4.69) is 26.1 Å². The molecule has 2 unspecified atom stereocenters. The summed E-state index contributed by atoms with van der Waals surface area (Å²) in [5, 5.41) is 2.86. The third kappa shape index (κ3) is 1.88. The molecule has 0 saturated heterocycles. The van der Waals surface area contributed by atoms with Crippen molar-refractivity contribution in [2.45, 2.75) is 44.9 Å². The Labute approximate surface area is 151 Å². The van der Waals surface area contributed by atoms with Crippen LogP contribution in [0, 0.1) is 5.41 Å². The second-order valence-corrected chi connectivity index (χ2v) is 8.24. The Kier molecular flexibility index (Phi) is 2.95. The molecule has 5 heteroatoms. The molecule has 2 aliphatic rings. The number of carbonyl (C=O) groups excluding carboxylic acids is 1. The second kappa shape index (κ2) is 4.93. The van der Waals surface area contributed by atoms with Gasteiger partial charge in [-0.2, -0.15) is 0 Å². The van der Waals surface area contributed by atoms with Gasteiger partial charge < -0.3 is 9.73 Å². The summed E-state index contributed by atoms with van der Waals surface area (Å²) in [4.78, 5) is 22.1. The highest BCUT2D eigenvalue weighted by Crippen LogP contribution is 2.66. The molecule has 2 heterocycles. The largest absolute Gasteiger partial charge is 0.459 e. The van der Waals surface area contributed by atoms with E-state index in [0.29, 0.717) is 11.6 Å². The molecule has 1 fully saturated rings. The summed E-state index contributed by atoms with van der Waals surface area (Å²) in [5.74, 6) is 0.481. The van der Waals surface area contributed by atoms with Gasteiger partial charge in [0.15, 0.2) is 5.76 Å². The van der Waals surface area contributed by atoms with Crippen molar-refractivity contribution in [2.24, 2.45) is 5.41 Å². The van der Waals surface area contributed by atoms with Crippen LogP contribution in [0.2, 0.25) is 0 Å². The zero-order valence-corrected chi connectivity index (χ0v) is 15.2. The summed E-state index contributed by atoms with van der Waals surface area (Å²) < 4.78 is 5.14. The summed E-state index contributed by atoms with van der Waals surface area (Å²) in [7, 11) is 0. The topological polar surface area (TPSA) is 68.0 Å². The number of hydrogen-bond acceptors (Lipinski definition) is 4. The molecule has 2 aromatic heterocycles. The van der Waals surface area contributed by atoms with Crippen LogP contribution in [0.1, 0.15) is 61.5 Å². The van der Waals surface area contributed by atoms with E-state index in [4.69, 9.17) is 14.4 Å². The van der Waals surface area contributed by atoms with Gasteiger partial charge in [0, 0.05) is 17.0 Å². The van der Waals surface area contributed by atoms with Crippen LogP contribution in [0.5, 0.6) is 0 Å². The molecule has 5 nitrogen and oxygen atoms in total. The average molecular weight is 347 g/mol. The molecule has 2 atom stereocenters. The zero-order chi connectivity index (χ0) is 18.1. The number of benzene rings is 1. The van der Waals surface area contributed by atoms with Crippen LogP contribution in [-0.2, 0) is 5.41 Å². The van der Waals surface area contributed by atoms with E-state index in [-0.39, 0.29) is 22.5 Å². The summed E-state index contributed by atoms with van der Waals surface area (Å²) in [6.07, 6.45) is 3.84. The molecule has 0 aliphatic heterocycles. The van der Waals surface area contributed by atoms with Gasteiger partial charge in [-0.15, -0.1) is 0 Å². The Hall–Kier alpha value is -2.69. The van der Waals surface area contributed by atoms with Crippen molar-refractivity contribution < 1.29 is 9.21 Å². The van der Waals surface area contributed by atoms with Gasteiger partial charge >= 0.3 is 0 Å². The number of aromatic nitrogens is 2. The molecule has 1 saturated carbocycles. The summed E-state index contributed by atoms with van der Waals surface area (Å²) in [5.41, 5.74) is 4.99. The summed E-state index contributed by atoms with van der Waals surface area (Å²) in [6.45, 7) is 7.01. The van der Waals surface area contributed by atoms with Crippen molar-refractivity contribution in [1.29, 1.82) is 0 Å². The molecular weight excluding hydrogens is 326 g/mol. The van der Waals surface area contributed by atoms with Gasteiger partial charge in [0.25, 0.3) is 5.91 Å². The first-order valence-electron chi connectivity index (χ1n) is 9.07. The Morgan fingerprint density at radius 2 is 2.04 bits per heavy atom. The quantitative estimate of drug-likeness (QED) is 0.733. The van der Waals surface area contributed by atoms with E-state index in [9.17, 15) is 4.79 Å². The van der Waals surface area contributed by atoms with Crippen LogP contribution in [0.3, 0.4) is 0 Å². The minimum atomic E-state index is -0.267. The van der Waals surface area contributed by atoms with Crippen LogP contribution in [0.15, 0.2) is 41.0 Å². The molecule has 5 rings (SSSR count). The van der Waals surface area contributed by atoms with Crippen molar-refractivity contribution >= 4 is 22.6 Å². The van der Waals surface area contributed by atoms with Crippen LogP contribution in [0.25, 0.3) is 11.0 Å². The van der Waals surface area contributed by atoms with Gasteiger partial charge in [-0.25, -0.2) is 9.97 Å². The second-order valence-electron chi connectivity index (χ2n) is 8.24. The highest BCUT2D eigenvalue weighted by atomic mass is 16.3. The van der Waals surface area contributed by atoms with Crippen LogP contribution >= 0.6 is 0 Å². The van der Waals surface area contributed by atoms with E-state index in [1.807, 2.05) is 18.2 Å². The number of anilines is 1. The fourth-order valence-electron chi connectivity index (χ4n) is 4.80. The maximum atomic E-state index is 12.2. The Bertz CT molecular complexity index is 1040. The van der Waals surface area contributed by atoms with Crippen LogP contribution in [0.4, 0.5) is 5.69 Å². The molecule has 132 valence electrons. The minimum Gasteiger partial charge on any atom is -0.459 e.